The zero-order chi connectivity index (χ0) is 26.1. The first kappa shape index (κ1) is 22.3. The quantitative estimate of drug-likeness (QED) is 0.162. The summed E-state index contributed by atoms with van der Waals surface area (Å²) in [5.74, 6) is 0. The number of aromatic nitrogens is 3. The molecule has 0 saturated carbocycles. The molecule has 0 radical (unpaired) electrons. The van der Waals surface area contributed by atoms with Crippen molar-refractivity contribution in [2.24, 2.45) is 0 Å². The summed E-state index contributed by atoms with van der Waals surface area (Å²) in [6.07, 6.45) is 0. The zero-order valence-electron chi connectivity index (χ0n) is 20.5. The van der Waals surface area contributed by atoms with E-state index >= 15 is 0 Å². The predicted molar refractivity (Wildman–Crippen MR) is 164 cm³/mol. The predicted octanol–water partition coefficient (Wildman–Crippen LogP) is 9.46. The fourth-order valence-electron chi connectivity index (χ4n) is 5.68. The van der Waals surface area contributed by atoms with Crippen LogP contribution >= 0.6 is 24.4 Å². The number of furan rings is 1. The van der Waals surface area contributed by atoms with E-state index in [0.29, 0.717) is 9.54 Å². The lowest BCUT2D eigenvalue weighted by molar-refractivity contribution is 0.670. The average molecular weight is 538 g/mol. The maximum absolute atomic E-state index is 6.31. The number of hydrogen-bond donors (Lipinski definition) is 0. The second-order valence-electron chi connectivity index (χ2n) is 9.56. The smallest absolute Gasteiger partial charge is 0.208 e. The van der Waals surface area contributed by atoms with Gasteiger partial charge in [0.1, 0.15) is 11.2 Å². The summed E-state index contributed by atoms with van der Waals surface area (Å²) in [6, 6.07) is 39.2. The highest BCUT2D eigenvalue weighted by molar-refractivity contribution is 7.72. The number of fused-ring (bicyclic) bond motifs is 9. The highest BCUT2D eigenvalue weighted by Crippen LogP contribution is 2.36. The Balaban J connectivity index is 1.41. The molecule has 0 N–H and O–H groups in total. The van der Waals surface area contributed by atoms with Crippen LogP contribution in [0.2, 0.25) is 0 Å². The molecule has 0 aliphatic heterocycles. The average Bonchev–Trinajstić information content (AvgIpc) is 3.36. The molecule has 3 heterocycles. The number of para-hydroxylation sites is 3. The molecule has 6 heteroatoms. The van der Waals surface area contributed by atoms with Crippen LogP contribution in [0.3, 0.4) is 0 Å². The molecule has 0 spiro atoms. The van der Waals surface area contributed by atoms with Crippen LogP contribution in [0.15, 0.2) is 120 Å². The third kappa shape index (κ3) is 3.25. The molecule has 3 aromatic heterocycles. The molecule has 4 nitrogen and oxygen atoms in total. The van der Waals surface area contributed by atoms with E-state index in [1.807, 2.05) is 57.5 Å². The third-order valence-electron chi connectivity index (χ3n) is 7.41. The Morgan fingerprint density at radius 1 is 0.615 bits per heavy atom. The van der Waals surface area contributed by atoms with Crippen molar-refractivity contribution in [1.29, 1.82) is 0 Å². The molecule has 8 rings (SSSR count). The standard InChI is InChI=1S/C33H19N3OS2/c38-32-34-31-27-14-2-1-11-23(27)24-12-3-5-17-28(24)36(31)33(39)35(32)21-10-7-9-20(19-21)22-15-8-16-26-25-13-4-6-18-29(25)37-30(22)26/h1-19H. The van der Waals surface area contributed by atoms with Crippen molar-refractivity contribution in [3.8, 4) is 16.8 Å². The first-order chi connectivity index (χ1) is 19.2. The Morgan fingerprint density at radius 3 is 2.18 bits per heavy atom. The van der Waals surface area contributed by atoms with Gasteiger partial charge in [-0.2, -0.15) is 0 Å². The Bertz CT molecular complexity index is 2400. The Morgan fingerprint density at radius 2 is 1.31 bits per heavy atom. The van der Waals surface area contributed by atoms with Gasteiger partial charge in [0.2, 0.25) is 4.77 Å². The van der Waals surface area contributed by atoms with E-state index in [0.717, 1.165) is 66.1 Å². The Hall–Kier alpha value is -4.65. The molecule has 8 aromatic rings. The van der Waals surface area contributed by atoms with Crippen LogP contribution in [0.4, 0.5) is 0 Å². The maximum Gasteiger partial charge on any atom is 0.208 e. The molecule has 0 amide bonds. The van der Waals surface area contributed by atoms with Crippen LogP contribution in [0.25, 0.3) is 66.1 Å². The molecule has 0 bridgehead atoms. The monoisotopic (exact) mass is 537 g/mol. The fourth-order valence-corrected chi connectivity index (χ4v) is 6.39. The lowest BCUT2D eigenvalue weighted by atomic mass is 10.0. The van der Waals surface area contributed by atoms with E-state index in [9.17, 15) is 0 Å². The van der Waals surface area contributed by atoms with E-state index in [1.54, 1.807) is 0 Å². The van der Waals surface area contributed by atoms with Gasteiger partial charge in [0.25, 0.3) is 0 Å². The summed E-state index contributed by atoms with van der Waals surface area (Å²) in [5.41, 5.74) is 6.38. The van der Waals surface area contributed by atoms with Gasteiger partial charge >= 0.3 is 0 Å². The topological polar surface area (TPSA) is 35.4 Å². The van der Waals surface area contributed by atoms with E-state index < -0.39 is 0 Å². The molecule has 0 aliphatic rings. The van der Waals surface area contributed by atoms with Crippen LogP contribution in [0.5, 0.6) is 0 Å². The van der Waals surface area contributed by atoms with Crippen LogP contribution in [-0.2, 0) is 0 Å². The lowest BCUT2D eigenvalue weighted by Gasteiger charge is -2.15. The van der Waals surface area contributed by atoms with Gasteiger partial charge in [-0.25, -0.2) is 4.98 Å². The molecule has 0 aliphatic carbocycles. The van der Waals surface area contributed by atoms with Gasteiger partial charge in [-0.3, -0.25) is 8.97 Å². The number of pyridine rings is 1. The van der Waals surface area contributed by atoms with Crippen LogP contribution in [-0.4, -0.2) is 14.0 Å². The normalized spacial score (nSPS) is 11.8. The van der Waals surface area contributed by atoms with Crippen molar-refractivity contribution in [3.05, 3.63) is 125 Å². The summed E-state index contributed by atoms with van der Waals surface area (Å²) in [6.45, 7) is 0. The van der Waals surface area contributed by atoms with Crippen molar-refractivity contribution in [2.75, 3.05) is 0 Å². The van der Waals surface area contributed by atoms with Gasteiger partial charge in [0, 0.05) is 27.1 Å². The number of rotatable bonds is 2. The molecule has 0 fully saturated rings. The molecule has 0 atom stereocenters. The SMILES string of the molecule is S=c1nc2c3ccccc3c3ccccc3n2c(=S)n1-c1cccc(-c2cccc3c2oc2ccccc23)c1. The summed E-state index contributed by atoms with van der Waals surface area (Å²) in [5, 5.41) is 5.46. The largest absolute Gasteiger partial charge is 0.455 e. The van der Waals surface area contributed by atoms with E-state index in [1.165, 1.54) is 0 Å². The van der Waals surface area contributed by atoms with Crippen molar-refractivity contribution >= 4 is 73.7 Å². The van der Waals surface area contributed by atoms with Gasteiger partial charge in [-0.15, -0.1) is 0 Å². The van der Waals surface area contributed by atoms with E-state index in [-0.39, 0.29) is 0 Å². The van der Waals surface area contributed by atoms with E-state index in [2.05, 4.69) is 66.7 Å². The number of hydrogen-bond acceptors (Lipinski definition) is 4. The summed E-state index contributed by atoms with van der Waals surface area (Å²) in [4.78, 5) is 4.93. The summed E-state index contributed by atoms with van der Waals surface area (Å²) >= 11 is 12.0. The second-order valence-corrected chi connectivity index (χ2v) is 10.3. The first-order valence-electron chi connectivity index (χ1n) is 12.7. The number of benzene rings is 5. The fraction of sp³-hybridized carbons (Fsp3) is 0. The second kappa shape index (κ2) is 8.43. The molecular formula is C33H19N3OS2. The number of nitrogens with zero attached hydrogens (tertiary/aromatic N) is 3. The summed E-state index contributed by atoms with van der Waals surface area (Å²) < 4.78 is 11.2. The van der Waals surface area contributed by atoms with Crippen LogP contribution < -0.4 is 0 Å². The van der Waals surface area contributed by atoms with E-state index in [4.69, 9.17) is 33.8 Å². The van der Waals surface area contributed by atoms with Gasteiger partial charge in [0.05, 0.1) is 11.2 Å². The lowest BCUT2D eigenvalue weighted by Crippen LogP contribution is -2.09. The minimum Gasteiger partial charge on any atom is -0.455 e. The van der Waals surface area contributed by atoms with Crippen LogP contribution in [0.1, 0.15) is 0 Å². The molecule has 0 unspecified atom stereocenters. The van der Waals surface area contributed by atoms with Crippen molar-refractivity contribution in [1.82, 2.24) is 14.0 Å². The minimum absolute atomic E-state index is 0.416. The Kier molecular flexibility index (Phi) is 4.83. The van der Waals surface area contributed by atoms with Gasteiger partial charge in [0.15, 0.2) is 10.4 Å². The molecule has 0 saturated heterocycles. The first-order valence-corrected chi connectivity index (χ1v) is 13.5. The van der Waals surface area contributed by atoms with Crippen molar-refractivity contribution < 1.29 is 4.42 Å². The Labute approximate surface area is 233 Å². The summed E-state index contributed by atoms with van der Waals surface area (Å²) in [7, 11) is 0. The molecule has 184 valence electrons. The van der Waals surface area contributed by atoms with Crippen LogP contribution in [0, 0.1) is 9.54 Å². The minimum atomic E-state index is 0.416. The van der Waals surface area contributed by atoms with Crippen molar-refractivity contribution in [3.63, 3.8) is 0 Å². The van der Waals surface area contributed by atoms with Gasteiger partial charge in [-0.1, -0.05) is 91.0 Å². The van der Waals surface area contributed by atoms with Crippen molar-refractivity contribution in [2.45, 2.75) is 0 Å². The molecule has 5 aromatic carbocycles. The zero-order valence-corrected chi connectivity index (χ0v) is 22.2. The third-order valence-corrected chi connectivity index (χ3v) is 8.05. The highest BCUT2D eigenvalue weighted by atomic mass is 32.1. The van der Waals surface area contributed by atoms with Gasteiger partial charge < -0.3 is 4.42 Å². The molecule has 39 heavy (non-hydrogen) atoms. The van der Waals surface area contributed by atoms with Gasteiger partial charge in [-0.05, 0) is 59.7 Å². The highest BCUT2D eigenvalue weighted by Gasteiger charge is 2.15. The maximum atomic E-state index is 6.31. The molecular weight excluding hydrogens is 519 g/mol.